The van der Waals surface area contributed by atoms with Gasteiger partial charge in [-0.05, 0) is 80.0 Å². The zero-order valence-corrected chi connectivity index (χ0v) is 15.9. The molecule has 0 aliphatic heterocycles. The Kier molecular flexibility index (Phi) is 3.49. The Labute approximate surface area is 168 Å². The minimum atomic E-state index is -0.325. The van der Waals surface area contributed by atoms with Crippen LogP contribution < -0.4 is 5.32 Å². The lowest BCUT2D eigenvalue weighted by molar-refractivity contribution is 0.0816. The molecule has 1 N–H and O–H groups in total. The quantitative estimate of drug-likeness (QED) is 0.738. The Balaban J connectivity index is 1.37. The van der Waals surface area contributed by atoms with Crippen molar-refractivity contribution in [3.05, 3.63) is 77.1 Å². The second-order valence-electron chi connectivity index (χ2n) is 8.53. The molecule has 146 valence electrons. The maximum absolute atomic E-state index is 13.4. The summed E-state index contributed by atoms with van der Waals surface area (Å²) in [5, 5.41) is 8.01. The average Bonchev–Trinajstić information content (AvgIpc) is 3.21. The number of benzene rings is 1. The largest absolute Gasteiger partial charge is 0.341 e. The first kappa shape index (κ1) is 16.9. The minimum absolute atomic E-state index is 0.111. The van der Waals surface area contributed by atoms with Crippen molar-refractivity contribution in [3.8, 4) is 5.69 Å². The first-order chi connectivity index (χ1) is 14.1. The number of nitrogens with one attached hydrogen (secondary N) is 1. The molecular weight excluding hydrogens is 367 g/mol. The van der Waals surface area contributed by atoms with Crippen molar-refractivity contribution in [2.45, 2.75) is 43.6 Å². The molecule has 3 aliphatic rings. The molecule has 2 fully saturated rings. The second-order valence-corrected chi connectivity index (χ2v) is 8.53. The van der Waals surface area contributed by atoms with Crippen molar-refractivity contribution in [3.63, 3.8) is 0 Å². The molecule has 2 atom stereocenters. The van der Waals surface area contributed by atoms with Crippen LogP contribution in [0.3, 0.4) is 0 Å². The van der Waals surface area contributed by atoms with E-state index in [1.165, 1.54) is 12.1 Å². The van der Waals surface area contributed by atoms with Gasteiger partial charge in [-0.3, -0.25) is 9.78 Å². The lowest BCUT2D eigenvalue weighted by atomic mass is 9.72. The van der Waals surface area contributed by atoms with Crippen molar-refractivity contribution < 1.29 is 9.18 Å². The first-order valence-corrected chi connectivity index (χ1v) is 10.3. The number of rotatable bonds is 4. The molecule has 0 spiro atoms. The van der Waals surface area contributed by atoms with Crippen molar-refractivity contribution >= 4 is 5.91 Å². The normalized spacial score (nSPS) is 23.1. The Morgan fingerprint density at radius 1 is 1.14 bits per heavy atom. The van der Waals surface area contributed by atoms with Crippen LogP contribution in [0.25, 0.3) is 5.69 Å². The standard InChI is InChI=1S/C23H21FN4O/c24-16-2-4-17(5-3-16)28-21-18-12-14(18)13-19(21)20(27-28)22(29)26-23(8-1-9-23)15-6-10-25-11-7-15/h2-7,10-11,14,18H,1,8-9,12-13H2,(H,26,29)/t14-,18-/m1/s1. The van der Waals surface area contributed by atoms with E-state index in [0.29, 0.717) is 17.5 Å². The third kappa shape index (κ3) is 2.55. The van der Waals surface area contributed by atoms with E-state index in [-0.39, 0.29) is 17.3 Å². The third-order valence-corrected chi connectivity index (χ3v) is 6.84. The minimum Gasteiger partial charge on any atom is -0.341 e. The van der Waals surface area contributed by atoms with Crippen LogP contribution in [0.2, 0.25) is 0 Å². The summed E-state index contributed by atoms with van der Waals surface area (Å²) in [4.78, 5) is 17.4. The summed E-state index contributed by atoms with van der Waals surface area (Å²) in [5.74, 6) is 0.713. The highest BCUT2D eigenvalue weighted by Gasteiger charge is 2.50. The van der Waals surface area contributed by atoms with Crippen molar-refractivity contribution in [1.82, 2.24) is 20.1 Å². The summed E-state index contributed by atoms with van der Waals surface area (Å²) in [5.41, 5.74) is 4.31. The van der Waals surface area contributed by atoms with Gasteiger partial charge in [-0.25, -0.2) is 9.07 Å². The van der Waals surface area contributed by atoms with Gasteiger partial charge in [-0.2, -0.15) is 5.10 Å². The predicted molar refractivity (Wildman–Crippen MR) is 105 cm³/mol. The van der Waals surface area contributed by atoms with Crippen LogP contribution in [0.5, 0.6) is 0 Å². The highest BCUT2D eigenvalue weighted by atomic mass is 19.1. The second kappa shape index (κ2) is 5.99. The molecule has 1 amide bonds. The van der Waals surface area contributed by atoms with Gasteiger partial charge in [0.15, 0.2) is 5.69 Å². The molecule has 6 rings (SSSR count). The zero-order chi connectivity index (χ0) is 19.6. The summed E-state index contributed by atoms with van der Waals surface area (Å²) in [6.45, 7) is 0. The van der Waals surface area contributed by atoms with E-state index in [2.05, 4.69) is 10.3 Å². The number of aromatic nitrogens is 3. The van der Waals surface area contributed by atoms with Crippen molar-refractivity contribution in [2.24, 2.45) is 5.92 Å². The van der Waals surface area contributed by atoms with Gasteiger partial charge in [0.25, 0.3) is 5.91 Å². The van der Waals surface area contributed by atoms with E-state index in [0.717, 1.165) is 54.6 Å². The van der Waals surface area contributed by atoms with Crippen LogP contribution in [-0.4, -0.2) is 20.7 Å². The Morgan fingerprint density at radius 3 is 2.59 bits per heavy atom. The number of hydrogen-bond acceptors (Lipinski definition) is 3. The van der Waals surface area contributed by atoms with Crippen LogP contribution in [0.4, 0.5) is 4.39 Å². The smallest absolute Gasteiger partial charge is 0.272 e. The van der Waals surface area contributed by atoms with Gasteiger partial charge in [-0.1, -0.05) is 0 Å². The average molecular weight is 388 g/mol. The third-order valence-electron chi connectivity index (χ3n) is 6.84. The van der Waals surface area contributed by atoms with Gasteiger partial charge in [0.1, 0.15) is 5.82 Å². The molecule has 2 aromatic heterocycles. The van der Waals surface area contributed by atoms with Gasteiger partial charge in [0.05, 0.1) is 16.9 Å². The zero-order valence-electron chi connectivity index (χ0n) is 15.9. The molecule has 0 radical (unpaired) electrons. The van der Waals surface area contributed by atoms with Gasteiger partial charge < -0.3 is 5.32 Å². The Bertz CT molecular complexity index is 1100. The van der Waals surface area contributed by atoms with E-state index in [1.807, 2.05) is 16.8 Å². The fraction of sp³-hybridized carbons (Fsp3) is 0.348. The molecule has 3 aromatic rings. The van der Waals surface area contributed by atoms with Crippen molar-refractivity contribution in [2.75, 3.05) is 0 Å². The molecule has 1 aromatic carbocycles. The highest BCUT2D eigenvalue weighted by Crippen LogP contribution is 2.57. The number of amides is 1. The lowest BCUT2D eigenvalue weighted by Crippen LogP contribution is -2.51. The fourth-order valence-corrected chi connectivity index (χ4v) is 5.04. The van der Waals surface area contributed by atoms with Gasteiger partial charge in [-0.15, -0.1) is 0 Å². The number of hydrogen-bond donors (Lipinski definition) is 1. The fourth-order valence-electron chi connectivity index (χ4n) is 5.04. The molecule has 5 nitrogen and oxygen atoms in total. The number of fused-ring (bicyclic) bond motifs is 3. The van der Waals surface area contributed by atoms with Gasteiger partial charge in [0.2, 0.25) is 0 Å². The van der Waals surface area contributed by atoms with Crippen LogP contribution in [0, 0.1) is 11.7 Å². The van der Waals surface area contributed by atoms with Crippen LogP contribution >= 0.6 is 0 Å². The topological polar surface area (TPSA) is 59.8 Å². The lowest BCUT2D eigenvalue weighted by Gasteiger charge is -2.42. The summed E-state index contributed by atoms with van der Waals surface area (Å²) >= 11 is 0. The molecule has 6 heteroatoms. The van der Waals surface area contributed by atoms with Crippen LogP contribution in [0.15, 0.2) is 48.8 Å². The number of carbonyl (C=O) groups is 1. The maximum Gasteiger partial charge on any atom is 0.272 e. The summed E-state index contributed by atoms with van der Waals surface area (Å²) < 4.78 is 15.3. The monoisotopic (exact) mass is 388 g/mol. The van der Waals surface area contributed by atoms with Crippen LogP contribution in [-0.2, 0) is 12.0 Å². The molecular formula is C23H21FN4O. The maximum atomic E-state index is 13.4. The Hall–Kier alpha value is -3.02. The number of halogens is 1. The van der Waals surface area contributed by atoms with E-state index in [9.17, 15) is 9.18 Å². The van der Waals surface area contributed by atoms with Crippen LogP contribution in [0.1, 0.15) is 58.9 Å². The molecule has 3 aliphatic carbocycles. The number of carbonyl (C=O) groups excluding carboxylic acids is 1. The van der Waals surface area contributed by atoms with Gasteiger partial charge >= 0.3 is 0 Å². The molecule has 2 saturated carbocycles. The highest BCUT2D eigenvalue weighted by molar-refractivity contribution is 5.95. The Morgan fingerprint density at radius 2 is 1.90 bits per heavy atom. The van der Waals surface area contributed by atoms with E-state index < -0.39 is 0 Å². The SMILES string of the molecule is O=C(NC1(c2ccncc2)CCC1)c1nn(-c2ccc(F)cc2)c2c1C[C@H]1C[C@@H]21. The van der Waals surface area contributed by atoms with E-state index >= 15 is 0 Å². The number of nitrogens with zero attached hydrogens (tertiary/aromatic N) is 3. The molecule has 0 saturated heterocycles. The van der Waals surface area contributed by atoms with Crippen molar-refractivity contribution in [1.29, 1.82) is 0 Å². The summed E-state index contributed by atoms with van der Waals surface area (Å²) in [6.07, 6.45) is 8.55. The molecule has 2 heterocycles. The first-order valence-electron chi connectivity index (χ1n) is 10.3. The number of pyridine rings is 1. The van der Waals surface area contributed by atoms with Gasteiger partial charge in [0, 0.05) is 23.9 Å². The summed E-state index contributed by atoms with van der Waals surface area (Å²) in [7, 11) is 0. The molecule has 29 heavy (non-hydrogen) atoms. The molecule has 0 unspecified atom stereocenters. The van der Waals surface area contributed by atoms with E-state index in [1.54, 1.807) is 24.5 Å². The van der Waals surface area contributed by atoms with E-state index in [4.69, 9.17) is 5.10 Å². The summed E-state index contributed by atoms with van der Waals surface area (Å²) in [6, 6.07) is 10.3. The molecule has 0 bridgehead atoms. The predicted octanol–water partition coefficient (Wildman–Crippen LogP) is 3.88.